The summed E-state index contributed by atoms with van der Waals surface area (Å²) < 4.78 is 38.8. The quantitative estimate of drug-likeness (QED) is 0.939. The number of halogens is 3. The zero-order valence-electron chi connectivity index (χ0n) is 11.2. The molecule has 6 heteroatoms. The van der Waals surface area contributed by atoms with Gasteiger partial charge >= 0.3 is 6.18 Å². The van der Waals surface area contributed by atoms with E-state index in [1.54, 1.807) is 6.07 Å². The molecule has 1 aromatic carbocycles. The lowest BCUT2D eigenvalue weighted by Gasteiger charge is -2.14. The Bertz CT molecular complexity index is 653. The van der Waals surface area contributed by atoms with E-state index < -0.39 is 11.7 Å². The molecule has 3 nitrogen and oxygen atoms in total. The van der Waals surface area contributed by atoms with Crippen LogP contribution in [0.4, 0.5) is 19.0 Å². The van der Waals surface area contributed by atoms with Crippen LogP contribution < -0.4 is 5.32 Å². The van der Waals surface area contributed by atoms with Crippen molar-refractivity contribution in [3.05, 3.63) is 53.0 Å². The summed E-state index contributed by atoms with van der Waals surface area (Å²) in [5, 5.41) is 3.02. The fourth-order valence-corrected chi connectivity index (χ4v) is 2.64. The van der Waals surface area contributed by atoms with Crippen LogP contribution in [0.2, 0.25) is 0 Å². The molecule has 1 aromatic heterocycles. The number of aryl methyl sites for hydroxylation is 1. The van der Waals surface area contributed by atoms with Gasteiger partial charge in [-0.3, -0.25) is 0 Å². The summed E-state index contributed by atoms with van der Waals surface area (Å²) >= 11 is 0. The van der Waals surface area contributed by atoms with Crippen LogP contribution >= 0.6 is 0 Å². The van der Waals surface area contributed by atoms with Gasteiger partial charge in [-0.15, -0.1) is 0 Å². The van der Waals surface area contributed by atoms with Crippen LogP contribution in [0.25, 0.3) is 0 Å². The van der Waals surface area contributed by atoms with Crippen LogP contribution in [0.3, 0.4) is 0 Å². The molecule has 0 radical (unpaired) electrons. The standard InChI is InChI=1S/C15H14F3N3/c16-15(17,18)12-6-2-1-4-10(12)8-19-14-11-5-3-7-13(11)20-9-21-14/h1-2,4,6,9H,3,5,7-8H2,(H,19,20,21). The molecule has 3 rings (SSSR count). The Hall–Kier alpha value is -2.11. The first-order valence-corrected chi connectivity index (χ1v) is 6.77. The Morgan fingerprint density at radius 1 is 1.10 bits per heavy atom. The molecule has 21 heavy (non-hydrogen) atoms. The molecule has 0 saturated heterocycles. The lowest BCUT2D eigenvalue weighted by molar-refractivity contribution is -0.138. The summed E-state index contributed by atoms with van der Waals surface area (Å²) in [5.41, 5.74) is 1.64. The van der Waals surface area contributed by atoms with E-state index in [9.17, 15) is 13.2 Å². The fourth-order valence-electron chi connectivity index (χ4n) is 2.64. The lowest BCUT2D eigenvalue weighted by Crippen LogP contribution is -2.13. The minimum atomic E-state index is -4.34. The molecule has 0 unspecified atom stereocenters. The Kier molecular flexibility index (Phi) is 3.53. The van der Waals surface area contributed by atoms with Crippen molar-refractivity contribution in [2.45, 2.75) is 32.0 Å². The Morgan fingerprint density at radius 3 is 2.71 bits per heavy atom. The number of nitrogens with one attached hydrogen (secondary N) is 1. The highest BCUT2D eigenvalue weighted by Crippen LogP contribution is 2.32. The van der Waals surface area contributed by atoms with E-state index in [4.69, 9.17) is 0 Å². The predicted molar refractivity (Wildman–Crippen MR) is 72.8 cm³/mol. The maximum Gasteiger partial charge on any atom is 0.416 e. The van der Waals surface area contributed by atoms with Gasteiger partial charge in [-0.2, -0.15) is 13.2 Å². The van der Waals surface area contributed by atoms with Gasteiger partial charge in [0, 0.05) is 17.8 Å². The van der Waals surface area contributed by atoms with E-state index in [1.165, 1.54) is 18.5 Å². The van der Waals surface area contributed by atoms with Gasteiger partial charge in [0.1, 0.15) is 12.1 Å². The highest BCUT2D eigenvalue weighted by atomic mass is 19.4. The third-order valence-electron chi connectivity index (χ3n) is 3.64. The fraction of sp³-hybridized carbons (Fsp3) is 0.333. The number of benzene rings is 1. The van der Waals surface area contributed by atoms with Crippen molar-refractivity contribution in [2.24, 2.45) is 0 Å². The molecule has 0 atom stereocenters. The molecule has 1 heterocycles. The van der Waals surface area contributed by atoms with E-state index in [0.29, 0.717) is 5.82 Å². The molecule has 0 amide bonds. The largest absolute Gasteiger partial charge is 0.416 e. The first kappa shape index (κ1) is 13.9. The van der Waals surface area contributed by atoms with Gasteiger partial charge in [-0.1, -0.05) is 18.2 Å². The zero-order valence-corrected chi connectivity index (χ0v) is 11.2. The van der Waals surface area contributed by atoms with Crippen molar-refractivity contribution in [3.8, 4) is 0 Å². The topological polar surface area (TPSA) is 37.8 Å². The molecule has 1 aliphatic rings. The lowest BCUT2D eigenvalue weighted by atomic mass is 10.1. The van der Waals surface area contributed by atoms with Crippen molar-refractivity contribution >= 4 is 5.82 Å². The minimum Gasteiger partial charge on any atom is -0.366 e. The van der Waals surface area contributed by atoms with Gasteiger partial charge in [-0.25, -0.2) is 9.97 Å². The maximum atomic E-state index is 12.9. The number of hydrogen-bond donors (Lipinski definition) is 1. The van der Waals surface area contributed by atoms with Crippen LogP contribution in [0.5, 0.6) is 0 Å². The smallest absolute Gasteiger partial charge is 0.366 e. The summed E-state index contributed by atoms with van der Waals surface area (Å²) in [4.78, 5) is 8.35. The molecular formula is C15H14F3N3. The molecule has 2 aromatic rings. The number of nitrogens with zero attached hydrogens (tertiary/aromatic N) is 2. The molecule has 0 fully saturated rings. The van der Waals surface area contributed by atoms with Crippen LogP contribution in [-0.2, 0) is 25.6 Å². The number of rotatable bonds is 3. The molecule has 110 valence electrons. The molecule has 0 saturated carbocycles. The molecule has 1 aliphatic carbocycles. The number of alkyl halides is 3. The third-order valence-corrected chi connectivity index (χ3v) is 3.64. The molecule has 1 N–H and O–H groups in total. The zero-order chi connectivity index (χ0) is 14.9. The molecule has 0 bridgehead atoms. The SMILES string of the molecule is FC(F)(F)c1ccccc1CNc1ncnc2c1CCC2. The average Bonchev–Trinajstić information content (AvgIpc) is 2.93. The second kappa shape index (κ2) is 5.35. The van der Waals surface area contributed by atoms with Gasteiger partial charge in [0.15, 0.2) is 0 Å². The van der Waals surface area contributed by atoms with E-state index in [0.717, 1.165) is 36.6 Å². The minimum absolute atomic E-state index is 0.0964. The number of anilines is 1. The molecule has 0 aliphatic heterocycles. The van der Waals surface area contributed by atoms with Crippen LogP contribution in [0.15, 0.2) is 30.6 Å². The third kappa shape index (κ3) is 2.84. The van der Waals surface area contributed by atoms with Crippen LogP contribution in [0.1, 0.15) is 28.8 Å². The Labute approximate surface area is 120 Å². The molecule has 0 spiro atoms. The van der Waals surface area contributed by atoms with Crippen molar-refractivity contribution in [1.29, 1.82) is 0 Å². The van der Waals surface area contributed by atoms with Crippen molar-refractivity contribution < 1.29 is 13.2 Å². The monoisotopic (exact) mass is 293 g/mol. The predicted octanol–water partition coefficient (Wildman–Crippen LogP) is 3.60. The van der Waals surface area contributed by atoms with E-state index >= 15 is 0 Å². The van der Waals surface area contributed by atoms with E-state index in [-0.39, 0.29) is 12.1 Å². The van der Waals surface area contributed by atoms with Crippen LogP contribution in [0, 0.1) is 0 Å². The Balaban J connectivity index is 1.82. The summed E-state index contributed by atoms with van der Waals surface area (Å²) in [6.07, 6.45) is -0.0824. The van der Waals surface area contributed by atoms with Crippen LogP contribution in [-0.4, -0.2) is 9.97 Å². The normalized spacial score (nSPS) is 14.0. The van der Waals surface area contributed by atoms with Crippen molar-refractivity contribution in [1.82, 2.24) is 9.97 Å². The van der Waals surface area contributed by atoms with Gasteiger partial charge in [-0.05, 0) is 30.9 Å². The summed E-state index contributed by atoms with van der Waals surface area (Å²) in [7, 11) is 0. The van der Waals surface area contributed by atoms with Gasteiger partial charge < -0.3 is 5.32 Å². The summed E-state index contributed by atoms with van der Waals surface area (Å²) in [5.74, 6) is 0.648. The van der Waals surface area contributed by atoms with Gasteiger partial charge in [0.05, 0.1) is 5.56 Å². The maximum absolute atomic E-state index is 12.9. The van der Waals surface area contributed by atoms with Crippen molar-refractivity contribution in [3.63, 3.8) is 0 Å². The summed E-state index contributed by atoms with van der Waals surface area (Å²) in [6, 6.07) is 5.59. The number of fused-ring (bicyclic) bond motifs is 1. The first-order chi connectivity index (χ1) is 10.1. The van der Waals surface area contributed by atoms with Crippen molar-refractivity contribution in [2.75, 3.05) is 5.32 Å². The molecular weight excluding hydrogens is 279 g/mol. The highest BCUT2D eigenvalue weighted by molar-refractivity contribution is 5.48. The van der Waals surface area contributed by atoms with E-state index in [1.807, 2.05) is 0 Å². The Morgan fingerprint density at radius 2 is 1.90 bits per heavy atom. The second-order valence-electron chi connectivity index (χ2n) is 5.01. The highest BCUT2D eigenvalue weighted by Gasteiger charge is 2.32. The number of hydrogen-bond acceptors (Lipinski definition) is 3. The number of aromatic nitrogens is 2. The first-order valence-electron chi connectivity index (χ1n) is 6.77. The second-order valence-corrected chi connectivity index (χ2v) is 5.01. The summed E-state index contributed by atoms with van der Waals surface area (Å²) in [6.45, 7) is 0.0964. The average molecular weight is 293 g/mol. The van der Waals surface area contributed by atoms with Gasteiger partial charge in [0.2, 0.25) is 0 Å². The van der Waals surface area contributed by atoms with E-state index in [2.05, 4.69) is 15.3 Å². The van der Waals surface area contributed by atoms with Gasteiger partial charge in [0.25, 0.3) is 0 Å².